The summed E-state index contributed by atoms with van der Waals surface area (Å²) in [7, 11) is 0. The van der Waals surface area contributed by atoms with Gasteiger partial charge in [0.1, 0.15) is 12.4 Å². The van der Waals surface area contributed by atoms with Gasteiger partial charge in [-0.1, -0.05) is 35.3 Å². The van der Waals surface area contributed by atoms with Crippen molar-refractivity contribution < 1.29 is 9.84 Å². The molecule has 0 saturated heterocycles. The van der Waals surface area contributed by atoms with E-state index < -0.39 is 0 Å². The summed E-state index contributed by atoms with van der Waals surface area (Å²) in [4.78, 5) is 0. The van der Waals surface area contributed by atoms with Gasteiger partial charge in [0.25, 0.3) is 0 Å². The van der Waals surface area contributed by atoms with E-state index in [9.17, 15) is 5.11 Å². The smallest absolute Gasteiger partial charge is 0.124 e. The standard InChI is InChI=1S/C18H21Cl2NO2.ClH/c1-18(2,12-22)21-10-14-9-16(20)7-8-17(14)23-11-13-3-5-15(19)6-4-13;/h3-9,21-22H,10-12H2,1-2H3;1H. The quantitative estimate of drug-likeness (QED) is 0.709. The van der Waals surface area contributed by atoms with Gasteiger partial charge in [0, 0.05) is 27.7 Å². The fourth-order valence-corrected chi connectivity index (χ4v) is 2.28. The molecule has 0 amide bonds. The van der Waals surface area contributed by atoms with Gasteiger partial charge in [-0.3, -0.25) is 0 Å². The van der Waals surface area contributed by atoms with Crippen LogP contribution in [0.5, 0.6) is 5.75 Å². The lowest BCUT2D eigenvalue weighted by molar-refractivity contribution is 0.186. The zero-order valence-electron chi connectivity index (χ0n) is 13.7. The van der Waals surface area contributed by atoms with Crippen molar-refractivity contribution in [2.24, 2.45) is 0 Å². The molecule has 6 heteroatoms. The molecular formula is C18H22Cl3NO2. The van der Waals surface area contributed by atoms with Gasteiger partial charge >= 0.3 is 0 Å². The molecule has 2 rings (SSSR count). The van der Waals surface area contributed by atoms with Crippen LogP contribution in [0.2, 0.25) is 10.0 Å². The second-order valence-electron chi connectivity index (χ2n) is 6.06. The van der Waals surface area contributed by atoms with Gasteiger partial charge in [-0.15, -0.1) is 12.4 Å². The molecule has 0 aromatic heterocycles. The first-order valence-corrected chi connectivity index (χ1v) is 8.17. The minimum absolute atomic E-state index is 0. The molecule has 24 heavy (non-hydrogen) atoms. The van der Waals surface area contributed by atoms with E-state index in [4.69, 9.17) is 27.9 Å². The summed E-state index contributed by atoms with van der Waals surface area (Å²) in [5, 5.41) is 14.0. The summed E-state index contributed by atoms with van der Waals surface area (Å²) in [6.45, 7) is 4.94. The van der Waals surface area contributed by atoms with Crippen molar-refractivity contribution in [3.63, 3.8) is 0 Å². The van der Waals surface area contributed by atoms with Gasteiger partial charge in [0.05, 0.1) is 6.61 Å². The van der Waals surface area contributed by atoms with Crippen molar-refractivity contribution in [3.05, 3.63) is 63.6 Å². The SMILES string of the molecule is CC(C)(CO)NCc1cc(Cl)ccc1OCc1ccc(Cl)cc1.Cl. The summed E-state index contributed by atoms with van der Waals surface area (Å²) >= 11 is 12.0. The topological polar surface area (TPSA) is 41.5 Å². The van der Waals surface area contributed by atoms with Gasteiger partial charge < -0.3 is 15.2 Å². The molecule has 0 radical (unpaired) electrons. The number of aliphatic hydroxyl groups excluding tert-OH is 1. The lowest BCUT2D eigenvalue weighted by atomic mass is 10.1. The van der Waals surface area contributed by atoms with Crippen LogP contribution in [-0.2, 0) is 13.2 Å². The molecule has 2 aromatic rings. The lowest BCUT2D eigenvalue weighted by Gasteiger charge is -2.24. The van der Waals surface area contributed by atoms with Gasteiger partial charge in [-0.25, -0.2) is 0 Å². The van der Waals surface area contributed by atoms with Gasteiger partial charge in [0.2, 0.25) is 0 Å². The highest BCUT2D eigenvalue weighted by Crippen LogP contribution is 2.24. The fourth-order valence-electron chi connectivity index (χ4n) is 1.96. The molecule has 0 bridgehead atoms. The maximum Gasteiger partial charge on any atom is 0.124 e. The number of aliphatic hydroxyl groups is 1. The zero-order chi connectivity index (χ0) is 16.9. The van der Waals surface area contributed by atoms with Crippen LogP contribution in [0.3, 0.4) is 0 Å². The highest BCUT2D eigenvalue weighted by molar-refractivity contribution is 6.30. The van der Waals surface area contributed by atoms with E-state index in [2.05, 4.69) is 5.32 Å². The Labute approximate surface area is 159 Å². The van der Waals surface area contributed by atoms with Crippen molar-refractivity contribution in [1.82, 2.24) is 5.32 Å². The van der Waals surface area contributed by atoms with Gasteiger partial charge in [-0.2, -0.15) is 0 Å². The van der Waals surface area contributed by atoms with Crippen LogP contribution >= 0.6 is 35.6 Å². The molecule has 0 heterocycles. The molecule has 0 fully saturated rings. The van der Waals surface area contributed by atoms with Crippen LogP contribution in [0.4, 0.5) is 0 Å². The Morgan fingerprint density at radius 3 is 2.29 bits per heavy atom. The first kappa shape index (κ1) is 21.1. The second kappa shape index (κ2) is 9.50. The van der Waals surface area contributed by atoms with Crippen molar-refractivity contribution >= 4 is 35.6 Å². The lowest BCUT2D eigenvalue weighted by Crippen LogP contribution is -2.42. The van der Waals surface area contributed by atoms with E-state index in [0.717, 1.165) is 16.9 Å². The Balaban J connectivity index is 0.00000288. The molecule has 0 spiro atoms. The van der Waals surface area contributed by atoms with Crippen molar-refractivity contribution in [3.8, 4) is 5.75 Å². The maximum absolute atomic E-state index is 9.34. The number of benzene rings is 2. The molecule has 0 atom stereocenters. The minimum atomic E-state index is -0.365. The van der Waals surface area contributed by atoms with E-state index in [1.165, 1.54) is 0 Å². The second-order valence-corrected chi connectivity index (χ2v) is 6.94. The van der Waals surface area contributed by atoms with Crippen LogP contribution < -0.4 is 10.1 Å². The predicted molar refractivity (Wildman–Crippen MR) is 102 cm³/mol. The molecular weight excluding hydrogens is 369 g/mol. The Hall–Kier alpha value is -0.970. The summed E-state index contributed by atoms with van der Waals surface area (Å²) < 4.78 is 5.91. The molecule has 0 aliphatic rings. The van der Waals surface area contributed by atoms with Gasteiger partial charge in [-0.05, 0) is 49.7 Å². The van der Waals surface area contributed by atoms with E-state index >= 15 is 0 Å². The monoisotopic (exact) mass is 389 g/mol. The van der Waals surface area contributed by atoms with E-state index in [1.54, 1.807) is 6.07 Å². The van der Waals surface area contributed by atoms with Crippen LogP contribution in [-0.4, -0.2) is 17.3 Å². The first-order valence-electron chi connectivity index (χ1n) is 7.41. The highest BCUT2D eigenvalue weighted by atomic mass is 35.5. The maximum atomic E-state index is 9.34. The third kappa shape index (κ3) is 6.50. The normalized spacial score (nSPS) is 11.0. The third-order valence-electron chi connectivity index (χ3n) is 3.48. The summed E-state index contributed by atoms with van der Waals surface area (Å²) in [6.07, 6.45) is 0. The zero-order valence-corrected chi connectivity index (χ0v) is 16.0. The van der Waals surface area contributed by atoms with E-state index in [0.29, 0.717) is 23.2 Å². The number of halogens is 3. The average Bonchev–Trinajstić information content (AvgIpc) is 2.53. The Bertz CT molecular complexity index is 645. The molecule has 132 valence electrons. The average molecular weight is 391 g/mol. The Morgan fingerprint density at radius 1 is 1.04 bits per heavy atom. The first-order chi connectivity index (χ1) is 10.9. The van der Waals surface area contributed by atoms with E-state index in [-0.39, 0.29) is 24.6 Å². The molecule has 3 nitrogen and oxygen atoms in total. The summed E-state index contributed by atoms with van der Waals surface area (Å²) in [5.74, 6) is 0.769. The number of rotatable bonds is 7. The number of hydrogen-bond donors (Lipinski definition) is 2. The van der Waals surface area contributed by atoms with Crippen molar-refractivity contribution in [2.45, 2.75) is 32.5 Å². The molecule has 2 aromatic carbocycles. The van der Waals surface area contributed by atoms with Crippen LogP contribution in [0.25, 0.3) is 0 Å². The molecule has 0 aliphatic carbocycles. The van der Waals surface area contributed by atoms with Gasteiger partial charge in [0.15, 0.2) is 0 Å². The number of ether oxygens (including phenoxy) is 1. The molecule has 0 saturated carbocycles. The molecule has 0 unspecified atom stereocenters. The van der Waals surface area contributed by atoms with Crippen molar-refractivity contribution in [1.29, 1.82) is 0 Å². The fraction of sp³-hybridized carbons (Fsp3) is 0.333. The summed E-state index contributed by atoms with van der Waals surface area (Å²) in [5.41, 5.74) is 1.63. The van der Waals surface area contributed by atoms with Crippen LogP contribution in [0.15, 0.2) is 42.5 Å². The molecule has 2 N–H and O–H groups in total. The Kier molecular flexibility index (Phi) is 8.34. The number of nitrogens with one attached hydrogen (secondary N) is 1. The van der Waals surface area contributed by atoms with E-state index in [1.807, 2.05) is 50.2 Å². The van der Waals surface area contributed by atoms with Crippen LogP contribution in [0.1, 0.15) is 25.0 Å². The molecule has 0 aliphatic heterocycles. The Morgan fingerprint density at radius 2 is 1.67 bits per heavy atom. The largest absolute Gasteiger partial charge is 0.489 e. The number of hydrogen-bond acceptors (Lipinski definition) is 3. The van der Waals surface area contributed by atoms with Crippen molar-refractivity contribution in [2.75, 3.05) is 6.61 Å². The highest BCUT2D eigenvalue weighted by Gasteiger charge is 2.16. The minimum Gasteiger partial charge on any atom is -0.489 e. The predicted octanol–water partition coefficient (Wildman–Crippen LogP) is 4.85. The third-order valence-corrected chi connectivity index (χ3v) is 3.97. The van der Waals surface area contributed by atoms with Crippen LogP contribution in [0, 0.1) is 0 Å². The summed E-state index contributed by atoms with van der Waals surface area (Å²) in [6, 6.07) is 13.1.